The molecule has 1 rings (SSSR count). The summed E-state index contributed by atoms with van der Waals surface area (Å²) in [6.07, 6.45) is 0. The lowest BCUT2D eigenvalue weighted by molar-refractivity contribution is 0.0261. The van der Waals surface area contributed by atoms with E-state index in [4.69, 9.17) is 42.1 Å². The highest BCUT2D eigenvalue weighted by molar-refractivity contribution is 6.18. The Morgan fingerprint density at radius 2 is 1.08 bits per heavy atom. The molecule has 0 aliphatic carbocycles. The van der Waals surface area contributed by atoms with Crippen LogP contribution in [0.2, 0.25) is 0 Å². The molecule has 0 heterocycles. The topological polar surface area (TPSA) is 40.2 Å². The fraction of sp³-hybridized carbons (Fsp3) is 0.684. The van der Waals surface area contributed by atoms with Gasteiger partial charge >= 0.3 is 0 Å². The highest BCUT2D eigenvalue weighted by Gasteiger charge is 2.06. The van der Waals surface area contributed by atoms with Crippen LogP contribution in [0, 0.1) is 0 Å². The van der Waals surface area contributed by atoms with Crippen LogP contribution in [-0.2, 0) is 25.5 Å². The molecule has 0 bridgehead atoms. The average molecular weight is 408 g/mol. The maximum atomic E-state index is 5.64. The Bertz CT molecular complexity index is 394. The van der Waals surface area contributed by atoms with Gasteiger partial charge in [-0.15, -0.1) is 23.2 Å². The largest absolute Gasteiger partial charge is 0.378 e. The van der Waals surface area contributed by atoms with E-state index in [0.29, 0.717) is 64.6 Å². The van der Waals surface area contributed by atoms with Crippen molar-refractivity contribution in [3.8, 4) is 0 Å². The van der Waals surface area contributed by atoms with E-state index < -0.39 is 0 Å². The molecule has 0 fully saturated rings. The predicted octanol–water partition coefficient (Wildman–Crippen LogP) is 3.03. The highest BCUT2D eigenvalue weighted by Crippen LogP contribution is 2.04. The van der Waals surface area contributed by atoms with E-state index in [1.807, 2.05) is 6.07 Å². The molecular weight excluding hydrogens is 377 g/mol. The summed E-state index contributed by atoms with van der Waals surface area (Å²) >= 11 is 11.1. The molecule has 0 atom stereocenters. The summed E-state index contributed by atoms with van der Waals surface area (Å²) in [4.78, 5) is 2.33. The van der Waals surface area contributed by atoms with Gasteiger partial charge in [0, 0.05) is 31.4 Å². The molecule has 150 valence electrons. The van der Waals surface area contributed by atoms with E-state index in [0.717, 1.165) is 19.6 Å². The minimum absolute atomic E-state index is 0.516. The number of hydrogen-bond acceptors (Lipinski definition) is 5. The van der Waals surface area contributed by atoms with E-state index in [-0.39, 0.29) is 0 Å². The lowest BCUT2D eigenvalue weighted by atomic mass is 10.2. The van der Waals surface area contributed by atoms with Gasteiger partial charge in [0.05, 0.1) is 52.9 Å². The first-order valence-corrected chi connectivity index (χ1v) is 10.1. The third-order valence-electron chi connectivity index (χ3n) is 3.54. The number of halogens is 2. The molecule has 0 radical (unpaired) electrons. The fourth-order valence-electron chi connectivity index (χ4n) is 2.25. The van der Waals surface area contributed by atoms with Gasteiger partial charge in [-0.1, -0.05) is 30.3 Å². The molecular formula is C19H31Cl2NO4. The van der Waals surface area contributed by atoms with Crippen molar-refractivity contribution in [2.45, 2.75) is 6.54 Å². The van der Waals surface area contributed by atoms with Gasteiger partial charge in [-0.2, -0.15) is 0 Å². The number of hydrogen-bond donors (Lipinski definition) is 0. The lowest BCUT2D eigenvalue weighted by Crippen LogP contribution is -2.31. The molecule has 0 N–H and O–H groups in total. The molecule has 7 heteroatoms. The minimum Gasteiger partial charge on any atom is -0.378 e. The van der Waals surface area contributed by atoms with Crippen LogP contribution in [0.1, 0.15) is 5.56 Å². The van der Waals surface area contributed by atoms with E-state index in [2.05, 4.69) is 29.2 Å². The molecule has 1 aromatic carbocycles. The summed E-state index contributed by atoms with van der Waals surface area (Å²) in [7, 11) is 0. The van der Waals surface area contributed by atoms with Crippen molar-refractivity contribution in [3.05, 3.63) is 35.9 Å². The quantitative estimate of drug-likeness (QED) is 0.276. The SMILES string of the molecule is ClCCOCCOCCN(CCOCCOCCCl)Cc1ccccc1. The normalized spacial score (nSPS) is 11.3. The molecule has 0 saturated carbocycles. The maximum absolute atomic E-state index is 5.64. The summed E-state index contributed by atoms with van der Waals surface area (Å²) in [6, 6.07) is 10.4. The van der Waals surface area contributed by atoms with E-state index >= 15 is 0 Å². The van der Waals surface area contributed by atoms with Gasteiger partial charge in [0.1, 0.15) is 0 Å². The second-order valence-corrected chi connectivity index (χ2v) is 6.35. The van der Waals surface area contributed by atoms with Crippen molar-refractivity contribution in [2.75, 3.05) is 77.7 Å². The molecule has 1 aromatic rings. The number of ether oxygens (including phenoxy) is 4. The molecule has 0 aromatic heterocycles. The third kappa shape index (κ3) is 13.8. The second kappa shape index (κ2) is 18.0. The summed E-state index contributed by atoms with van der Waals surface area (Å²) in [5.74, 6) is 1.03. The monoisotopic (exact) mass is 407 g/mol. The molecule has 0 saturated heterocycles. The van der Waals surface area contributed by atoms with Crippen molar-refractivity contribution in [1.29, 1.82) is 0 Å². The zero-order valence-corrected chi connectivity index (χ0v) is 16.9. The van der Waals surface area contributed by atoms with Gasteiger partial charge in [0.25, 0.3) is 0 Å². The molecule has 0 spiro atoms. The van der Waals surface area contributed by atoms with Gasteiger partial charge in [0.15, 0.2) is 0 Å². The van der Waals surface area contributed by atoms with Gasteiger partial charge in [-0.05, 0) is 5.56 Å². The Balaban J connectivity index is 2.21. The highest BCUT2D eigenvalue weighted by atomic mass is 35.5. The molecule has 5 nitrogen and oxygen atoms in total. The number of alkyl halides is 2. The zero-order chi connectivity index (χ0) is 18.7. The fourth-order valence-corrected chi connectivity index (χ4v) is 2.47. The van der Waals surface area contributed by atoms with Crippen LogP contribution >= 0.6 is 23.2 Å². The van der Waals surface area contributed by atoms with E-state index in [9.17, 15) is 0 Å². The van der Waals surface area contributed by atoms with Crippen LogP contribution in [0.5, 0.6) is 0 Å². The van der Waals surface area contributed by atoms with Crippen LogP contribution in [0.4, 0.5) is 0 Å². The molecule has 26 heavy (non-hydrogen) atoms. The molecule has 0 amide bonds. The standard InChI is InChI=1S/C19H31Cl2NO4/c20-6-10-23-14-16-25-12-8-22(18-19-4-2-1-3-5-19)9-13-26-17-15-24-11-7-21/h1-5H,6-18H2. The van der Waals surface area contributed by atoms with Crippen LogP contribution in [-0.4, -0.2) is 82.6 Å². The Kier molecular flexibility index (Phi) is 16.4. The van der Waals surface area contributed by atoms with Crippen molar-refractivity contribution < 1.29 is 18.9 Å². The van der Waals surface area contributed by atoms with E-state index in [1.165, 1.54) is 5.56 Å². The summed E-state index contributed by atoms with van der Waals surface area (Å²) < 4.78 is 21.9. The van der Waals surface area contributed by atoms with Crippen molar-refractivity contribution in [2.24, 2.45) is 0 Å². The van der Waals surface area contributed by atoms with Crippen molar-refractivity contribution in [3.63, 3.8) is 0 Å². The zero-order valence-electron chi connectivity index (χ0n) is 15.4. The average Bonchev–Trinajstić information content (AvgIpc) is 2.67. The maximum Gasteiger partial charge on any atom is 0.0701 e. The van der Waals surface area contributed by atoms with Gasteiger partial charge in [-0.25, -0.2) is 0 Å². The van der Waals surface area contributed by atoms with Gasteiger partial charge in [-0.3, -0.25) is 4.90 Å². The third-order valence-corrected chi connectivity index (χ3v) is 3.85. The summed E-state index contributed by atoms with van der Waals surface area (Å²) in [5, 5.41) is 0. The lowest BCUT2D eigenvalue weighted by Gasteiger charge is -2.22. The van der Waals surface area contributed by atoms with Gasteiger partial charge in [0.2, 0.25) is 0 Å². The van der Waals surface area contributed by atoms with Crippen LogP contribution < -0.4 is 0 Å². The van der Waals surface area contributed by atoms with Crippen LogP contribution in [0.3, 0.4) is 0 Å². The minimum atomic E-state index is 0.516. The summed E-state index contributed by atoms with van der Waals surface area (Å²) in [6.45, 7) is 7.36. The number of rotatable bonds is 18. The Hall–Kier alpha value is -0.400. The smallest absolute Gasteiger partial charge is 0.0701 e. The first-order valence-electron chi connectivity index (χ1n) is 9.06. The molecule has 0 unspecified atom stereocenters. The Morgan fingerprint density at radius 3 is 1.54 bits per heavy atom. The Morgan fingerprint density at radius 1 is 0.615 bits per heavy atom. The predicted molar refractivity (Wildman–Crippen MR) is 106 cm³/mol. The van der Waals surface area contributed by atoms with Crippen LogP contribution in [0.25, 0.3) is 0 Å². The Labute approximate surface area is 167 Å². The number of benzene rings is 1. The first kappa shape index (κ1) is 23.6. The van der Waals surface area contributed by atoms with Crippen LogP contribution in [0.15, 0.2) is 30.3 Å². The molecule has 0 aliphatic rings. The van der Waals surface area contributed by atoms with E-state index in [1.54, 1.807) is 0 Å². The van der Waals surface area contributed by atoms with Crippen molar-refractivity contribution >= 4 is 23.2 Å². The number of nitrogens with zero attached hydrogens (tertiary/aromatic N) is 1. The van der Waals surface area contributed by atoms with Crippen molar-refractivity contribution in [1.82, 2.24) is 4.90 Å². The van der Waals surface area contributed by atoms with Gasteiger partial charge < -0.3 is 18.9 Å². The summed E-state index contributed by atoms with van der Waals surface area (Å²) in [5.41, 5.74) is 1.28. The second-order valence-electron chi connectivity index (χ2n) is 5.59. The molecule has 0 aliphatic heterocycles. The first-order chi connectivity index (χ1) is 12.9.